The van der Waals surface area contributed by atoms with Crippen molar-refractivity contribution in [2.24, 2.45) is 4.99 Å². The van der Waals surface area contributed by atoms with E-state index >= 15 is 0 Å². The van der Waals surface area contributed by atoms with Gasteiger partial charge in [0.2, 0.25) is 3.79 Å². The maximum atomic E-state index is 11.7. The summed E-state index contributed by atoms with van der Waals surface area (Å²) in [6, 6.07) is -0.938. The van der Waals surface area contributed by atoms with Crippen LogP contribution in [0.1, 0.15) is 20.8 Å². The number of aliphatic imine (C=N–C) groups is 1. The number of halogens is 3. The average molecular weight is 289 g/mol. The van der Waals surface area contributed by atoms with Gasteiger partial charge in [0, 0.05) is 0 Å². The minimum Gasteiger partial charge on any atom is -0.473 e. The largest absolute Gasteiger partial charge is 0.473 e. The third kappa shape index (κ3) is 3.68. The maximum Gasteiger partial charge on any atom is 0.335 e. The second-order valence-corrected chi connectivity index (χ2v) is 6.70. The van der Waals surface area contributed by atoms with Gasteiger partial charge in [0.15, 0.2) is 18.5 Å². The highest BCUT2D eigenvalue weighted by molar-refractivity contribution is 6.68. The zero-order chi connectivity index (χ0) is 12.6. The number of esters is 1. The van der Waals surface area contributed by atoms with Crippen LogP contribution in [-0.2, 0) is 14.3 Å². The molecule has 1 rings (SSSR count). The Bertz CT molecular complexity index is 306. The van der Waals surface area contributed by atoms with Crippen LogP contribution in [-0.4, -0.2) is 33.9 Å². The van der Waals surface area contributed by atoms with Crippen molar-refractivity contribution in [2.75, 3.05) is 0 Å². The van der Waals surface area contributed by atoms with E-state index in [2.05, 4.69) is 4.99 Å². The first kappa shape index (κ1) is 13.9. The van der Waals surface area contributed by atoms with Crippen molar-refractivity contribution in [1.82, 2.24) is 0 Å². The quantitative estimate of drug-likeness (QED) is 0.550. The van der Waals surface area contributed by atoms with E-state index < -0.39 is 27.5 Å². The molecule has 1 aliphatic rings. The van der Waals surface area contributed by atoms with E-state index in [4.69, 9.17) is 44.3 Å². The fraction of sp³-hybridized carbons (Fsp3) is 0.778. The van der Waals surface area contributed by atoms with Gasteiger partial charge in [-0.1, -0.05) is 34.8 Å². The number of carbonyl (C=O) groups excluding carboxylic acids is 1. The number of hydrogen-bond acceptors (Lipinski definition) is 4. The third-order valence-electron chi connectivity index (χ3n) is 1.69. The Balaban J connectivity index is 2.72. The molecule has 0 amide bonds. The summed E-state index contributed by atoms with van der Waals surface area (Å²) in [4.78, 5) is 15.5. The smallest absolute Gasteiger partial charge is 0.335 e. The molecule has 0 saturated heterocycles. The van der Waals surface area contributed by atoms with Crippen LogP contribution in [0.15, 0.2) is 4.99 Å². The molecule has 0 fully saturated rings. The zero-order valence-electron chi connectivity index (χ0n) is 9.04. The molecule has 0 spiro atoms. The number of alkyl halides is 3. The van der Waals surface area contributed by atoms with Gasteiger partial charge in [-0.25, -0.2) is 9.79 Å². The normalized spacial score (nSPS) is 25.4. The van der Waals surface area contributed by atoms with Gasteiger partial charge in [-0.15, -0.1) is 0 Å². The Morgan fingerprint density at radius 2 is 1.94 bits per heavy atom. The second kappa shape index (κ2) is 4.59. The first-order chi connectivity index (χ1) is 7.11. The predicted molar refractivity (Wildman–Crippen MR) is 63.3 cm³/mol. The van der Waals surface area contributed by atoms with Crippen LogP contribution < -0.4 is 0 Å². The van der Waals surface area contributed by atoms with Gasteiger partial charge in [0.1, 0.15) is 5.60 Å². The van der Waals surface area contributed by atoms with E-state index in [1.165, 1.54) is 0 Å². The molecule has 1 aliphatic heterocycles. The second-order valence-electron chi connectivity index (χ2n) is 4.33. The monoisotopic (exact) mass is 287 g/mol. The van der Waals surface area contributed by atoms with Crippen LogP contribution in [0.4, 0.5) is 0 Å². The van der Waals surface area contributed by atoms with Crippen molar-refractivity contribution < 1.29 is 14.3 Å². The molecule has 1 heterocycles. The molecule has 2 atom stereocenters. The van der Waals surface area contributed by atoms with Gasteiger partial charge >= 0.3 is 5.97 Å². The molecule has 92 valence electrons. The molecular weight excluding hydrogens is 276 g/mol. The summed E-state index contributed by atoms with van der Waals surface area (Å²) < 4.78 is 8.39. The molecule has 0 aromatic rings. The maximum absolute atomic E-state index is 11.7. The molecule has 0 radical (unpaired) electrons. The lowest BCUT2D eigenvalue weighted by molar-refractivity contribution is -0.157. The topological polar surface area (TPSA) is 47.9 Å². The van der Waals surface area contributed by atoms with Crippen LogP contribution in [0, 0.1) is 0 Å². The van der Waals surface area contributed by atoms with E-state index in [0.29, 0.717) is 0 Å². The highest BCUT2D eigenvalue weighted by atomic mass is 35.6. The Hall–Kier alpha value is -0.190. The van der Waals surface area contributed by atoms with Crippen molar-refractivity contribution in [1.29, 1.82) is 0 Å². The zero-order valence-corrected chi connectivity index (χ0v) is 11.3. The molecule has 2 unspecified atom stereocenters. The number of rotatable bonds is 1. The summed E-state index contributed by atoms with van der Waals surface area (Å²) in [5.41, 5.74) is -0.618. The van der Waals surface area contributed by atoms with Crippen LogP contribution >= 0.6 is 34.8 Å². The lowest BCUT2D eigenvalue weighted by atomic mass is 10.1. The van der Waals surface area contributed by atoms with Crippen molar-refractivity contribution in [3.63, 3.8) is 0 Å². The molecule has 0 saturated carbocycles. The molecular formula is C9H12Cl3NO3. The molecule has 0 bridgehead atoms. The van der Waals surface area contributed by atoms with E-state index in [1.807, 2.05) is 0 Å². The van der Waals surface area contributed by atoms with Gasteiger partial charge in [-0.3, -0.25) is 0 Å². The Labute approximate surface area is 109 Å². The number of carbonyl (C=O) groups is 1. The van der Waals surface area contributed by atoms with Crippen molar-refractivity contribution in [3.8, 4) is 0 Å². The molecule has 16 heavy (non-hydrogen) atoms. The minimum atomic E-state index is -1.72. The Morgan fingerprint density at radius 3 is 2.38 bits per heavy atom. The number of hydrogen-bond donors (Lipinski definition) is 0. The van der Waals surface area contributed by atoms with Gasteiger partial charge in [0.05, 0.1) is 0 Å². The number of ether oxygens (including phenoxy) is 2. The van der Waals surface area contributed by atoms with Gasteiger partial charge in [0.25, 0.3) is 0 Å². The molecule has 0 aromatic heterocycles. The molecule has 4 nitrogen and oxygen atoms in total. The summed E-state index contributed by atoms with van der Waals surface area (Å²) in [6.45, 7) is 5.23. The van der Waals surface area contributed by atoms with Gasteiger partial charge in [-0.2, -0.15) is 0 Å². The van der Waals surface area contributed by atoms with E-state index in [9.17, 15) is 4.79 Å². The summed E-state index contributed by atoms with van der Waals surface area (Å²) in [7, 11) is 0. The van der Waals surface area contributed by atoms with Gasteiger partial charge in [-0.05, 0) is 20.8 Å². The fourth-order valence-corrected chi connectivity index (χ4v) is 1.63. The predicted octanol–water partition coefficient (Wildman–Crippen LogP) is 2.49. The highest BCUT2D eigenvalue weighted by Crippen LogP contribution is 2.37. The molecule has 0 aliphatic carbocycles. The van der Waals surface area contributed by atoms with Crippen LogP contribution in [0.5, 0.6) is 0 Å². The summed E-state index contributed by atoms with van der Waals surface area (Å²) in [5.74, 6) is -0.572. The minimum absolute atomic E-state index is 0.572. The van der Waals surface area contributed by atoms with E-state index in [0.717, 1.165) is 6.40 Å². The van der Waals surface area contributed by atoms with Crippen molar-refractivity contribution in [2.45, 2.75) is 42.3 Å². The molecule has 0 aromatic carbocycles. The number of nitrogens with zero attached hydrogens (tertiary/aromatic N) is 1. The lowest BCUT2D eigenvalue weighted by Gasteiger charge is -2.26. The fourth-order valence-electron chi connectivity index (χ4n) is 1.12. The van der Waals surface area contributed by atoms with Crippen LogP contribution in [0.3, 0.4) is 0 Å². The standard InChI is InChI=1S/C9H12Cl3NO3/c1-8(2,3)16-7(14)5-6(9(10,11)12)15-4-13-5/h4-6H,1-3H3. The molecule has 0 N–H and O–H groups in total. The summed E-state index contributed by atoms with van der Waals surface area (Å²) in [5, 5.41) is 0. The van der Waals surface area contributed by atoms with E-state index in [-0.39, 0.29) is 0 Å². The van der Waals surface area contributed by atoms with Gasteiger partial charge < -0.3 is 9.47 Å². The Morgan fingerprint density at radius 1 is 1.38 bits per heavy atom. The third-order valence-corrected chi connectivity index (χ3v) is 2.33. The Kier molecular flexibility index (Phi) is 3.98. The first-order valence-electron chi connectivity index (χ1n) is 4.58. The first-order valence-corrected chi connectivity index (χ1v) is 5.71. The lowest BCUT2D eigenvalue weighted by Crippen LogP contribution is -2.42. The summed E-state index contributed by atoms with van der Waals surface area (Å²) in [6.07, 6.45) is 0.147. The SMILES string of the molecule is CC(C)(C)OC(=O)C1N=COC1C(Cl)(Cl)Cl. The van der Waals surface area contributed by atoms with Crippen molar-refractivity contribution in [3.05, 3.63) is 0 Å². The highest BCUT2D eigenvalue weighted by Gasteiger charge is 2.47. The molecule has 7 heteroatoms. The van der Waals surface area contributed by atoms with Crippen molar-refractivity contribution >= 4 is 47.2 Å². The summed E-state index contributed by atoms with van der Waals surface area (Å²) >= 11 is 17.0. The van der Waals surface area contributed by atoms with Crippen LogP contribution in [0.25, 0.3) is 0 Å². The average Bonchev–Trinajstić information content (AvgIpc) is 2.45. The van der Waals surface area contributed by atoms with E-state index in [1.54, 1.807) is 20.8 Å². The van der Waals surface area contributed by atoms with Crippen LogP contribution in [0.2, 0.25) is 0 Å².